The number of aryl methyl sites for hydroxylation is 1. The van der Waals surface area contributed by atoms with Crippen molar-refractivity contribution in [3.05, 3.63) is 65.0 Å². The minimum atomic E-state index is -0.475. The molecule has 2 heteroatoms. The summed E-state index contributed by atoms with van der Waals surface area (Å²) in [5, 5.41) is 10.3. The number of rotatable bonds is 3. The number of hydrogen-bond donors (Lipinski definition) is 1. The third-order valence-electron chi connectivity index (χ3n) is 3.55. The van der Waals surface area contributed by atoms with Crippen molar-refractivity contribution < 1.29 is 5.11 Å². The second kappa shape index (κ2) is 5.76. The lowest BCUT2D eigenvalue weighted by Gasteiger charge is -2.19. The minimum Gasteiger partial charge on any atom is -0.388 e. The smallest absolute Gasteiger partial charge is 0.0831 e. The van der Waals surface area contributed by atoms with Crippen LogP contribution < -0.4 is 0 Å². The van der Waals surface area contributed by atoms with Gasteiger partial charge in [0.1, 0.15) is 0 Å². The Morgan fingerprint density at radius 1 is 1.10 bits per heavy atom. The van der Waals surface area contributed by atoms with Crippen LogP contribution in [0.25, 0.3) is 0 Å². The van der Waals surface area contributed by atoms with Crippen molar-refractivity contribution in [1.82, 2.24) is 4.98 Å². The Bertz CT molecular complexity index is 567. The molecular weight excluding hydrogens is 246 g/mol. The van der Waals surface area contributed by atoms with Gasteiger partial charge in [-0.25, -0.2) is 0 Å². The summed E-state index contributed by atoms with van der Waals surface area (Å²) in [6.07, 6.45) is 1.90. The van der Waals surface area contributed by atoms with E-state index in [1.165, 1.54) is 5.56 Å². The third kappa shape index (κ3) is 3.67. The molecule has 0 aliphatic heterocycles. The first-order valence-electron chi connectivity index (χ1n) is 7.06. The molecule has 0 radical (unpaired) electrons. The van der Waals surface area contributed by atoms with Crippen LogP contribution in [0.15, 0.2) is 42.6 Å². The molecule has 0 fully saturated rings. The van der Waals surface area contributed by atoms with Gasteiger partial charge in [0, 0.05) is 18.3 Å². The van der Waals surface area contributed by atoms with E-state index in [9.17, 15) is 5.11 Å². The van der Waals surface area contributed by atoms with Crippen LogP contribution in [0.1, 0.15) is 49.3 Å². The Morgan fingerprint density at radius 3 is 2.30 bits per heavy atom. The number of nitrogens with zero attached hydrogens (tertiary/aromatic N) is 1. The van der Waals surface area contributed by atoms with E-state index in [1.54, 1.807) is 6.20 Å². The fourth-order valence-electron chi connectivity index (χ4n) is 2.26. The second-order valence-electron chi connectivity index (χ2n) is 6.40. The van der Waals surface area contributed by atoms with Crippen molar-refractivity contribution in [3.8, 4) is 0 Å². The average molecular weight is 269 g/mol. The van der Waals surface area contributed by atoms with E-state index in [4.69, 9.17) is 0 Å². The zero-order chi connectivity index (χ0) is 14.8. The van der Waals surface area contributed by atoms with Gasteiger partial charge < -0.3 is 5.11 Å². The summed E-state index contributed by atoms with van der Waals surface area (Å²) in [7, 11) is 0. The van der Waals surface area contributed by atoms with E-state index in [0.29, 0.717) is 6.42 Å². The van der Waals surface area contributed by atoms with Gasteiger partial charge in [-0.2, -0.15) is 0 Å². The summed E-state index contributed by atoms with van der Waals surface area (Å²) >= 11 is 0. The molecule has 2 nitrogen and oxygen atoms in total. The second-order valence-corrected chi connectivity index (χ2v) is 6.40. The Morgan fingerprint density at radius 2 is 1.75 bits per heavy atom. The van der Waals surface area contributed by atoms with E-state index >= 15 is 0 Å². The maximum atomic E-state index is 10.3. The normalized spacial score (nSPS) is 13.2. The van der Waals surface area contributed by atoms with E-state index < -0.39 is 6.10 Å². The standard InChI is InChI=1S/C18H23NO/c1-13-11-15(9-10-19-13)17(20)12-14-5-7-16(8-6-14)18(2,3)4/h5-11,17,20H,12H2,1-4H3. The van der Waals surface area contributed by atoms with Crippen LogP contribution in [0.2, 0.25) is 0 Å². The SMILES string of the molecule is Cc1cc(C(O)Cc2ccc(C(C)(C)C)cc2)ccn1. The van der Waals surface area contributed by atoms with Gasteiger partial charge in [-0.1, -0.05) is 45.0 Å². The molecule has 0 aliphatic rings. The molecule has 1 heterocycles. The summed E-state index contributed by atoms with van der Waals surface area (Å²) < 4.78 is 0. The minimum absolute atomic E-state index is 0.166. The quantitative estimate of drug-likeness (QED) is 0.914. The molecule has 1 atom stereocenters. The van der Waals surface area contributed by atoms with Gasteiger partial charge in [0.25, 0.3) is 0 Å². The number of aromatic nitrogens is 1. The van der Waals surface area contributed by atoms with E-state index in [1.807, 2.05) is 19.1 Å². The third-order valence-corrected chi connectivity index (χ3v) is 3.55. The Hall–Kier alpha value is -1.67. The predicted molar refractivity (Wildman–Crippen MR) is 82.8 cm³/mol. The Labute approximate surface area is 121 Å². The number of benzene rings is 1. The summed E-state index contributed by atoms with van der Waals surface area (Å²) in [5.74, 6) is 0. The molecule has 0 saturated carbocycles. The fourth-order valence-corrected chi connectivity index (χ4v) is 2.26. The lowest BCUT2D eigenvalue weighted by atomic mass is 9.86. The van der Waals surface area contributed by atoms with Crippen LogP contribution in [-0.2, 0) is 11.8 Å². The Kier molecular flexibility index (Phi) is 4.24. The largest absolute Gasteiger partial charge is 0.388 e. The van der Waals surface area contributed by atoms with Crippen molar-refractivity contribution in [1.29, 1.82) is 0 Å². The highest BCUT2D eigenvalue weighted by molar-refractivity contribution is 5.29. The van der Waals surface area contributed by atoms with E-state index in [0.717, 1.165) is 16.8 Å². The van der Waals surface area contributed by atoms with Gasteiger partial charge in [-0.05, 0) is 41.2 Å². The van der Waals surface area contributed by atoms with Crippen LogP contribution in [0.3, 0.4) is 0 Å². The average Bonchev–Trinajstić information content (AvgIpc) is 2.38. The van der Waals surface area contributed by atoms with Crippen molar-refractivity contribution in [2.24, 2.45) is 0 Å². The molecule has 2 aromatic rings. The monoisotopic (exact) mass is 269 g/mol. The molecule has 0 saturated heterocycles. The van der Waals surface area contributed by atoms with Crippen LogP contribution >= 0.6 is 0 Å². The molecule has 0 amide bonds. The summed E-state index contributed by atoms with van der Waals surface area (Å²) in [6, 6.07) is 12.3. The molecule has 1 unspecified atom stereocenters. The molecule has 0 spiro atoms. The summed E-state index contributed by atoms with van der Waals surface area (Å²) in [4.78, 5) is 4.16. The number of hydrogen-bond acceptors (Lipinski definition) is 2. The molecule has 1 aromatic heterocycles. The molecule has 0 bridgehead atoms. The number of aliphatic hydroxyl groups is 1. The van der Waals surface area contributed by atoms with Gasteiger partial charge in [0.05, 0.1) is 6.10 Å². The lowest BCUT2D eigenvalue weighted by Crippen LogP contribution is -2.11. The highest BCUT2D eigenvalue weighted by Gasteiger charge is 2.14. The molecule has 2 rings (SSSR count). The maximum absolute atomic E-state index is 10.3. The Balaban J connectivity index is 2.10. The molecule has 0 aliphatic carbocycles. The first-order chi connectivity index (χ1) is 9.36. The van der Waals surface area contributed by atoms with Crippen LogP contribution in [0, 0.1) is 6.92 Å². The highest BCUT2D eigenvalue weighted by Crippen LogP contribution is 2.24. The molecule has 20 heavy (non-hydrogen) atoms. The van der Waals surface area contributed by atoms with Crippen molar-refractivity contribution in [2.75, 3.05) is 0 Å². The maximum Gasteiger partial charge on any atom is 0.0831 e. The van der Waals surface area contributed by atoms with Gasteiger partial charge in [-0.3, -0.25) is 4.98 Å². The first kappa shape index (κ1) is 14.7. The molecule has 1 N–H and O–H groups in total. The first-order valence-corrected chi connectivity index (χ1v) is 7.06. The molecule has 1 aromatic carbocycles. The zero-order valence-corrected chi connectivity index (χ0v) is 12.7. The van der Waals surface area contributed by atoms with Crippen molar-refractivity contribution >= 4 is 0 Å². The van der Waals surface area contributed by atoms with Gasteiger partial charge in [0.15, 0.2) is 0 Å². The fraction of sp³-hybridized carbons (Fsp3) is 0.389. The van der Waals surface area contributed by atoms with Crippen LogP contribution in [-0.4, -0.2) is 10.1 Å². The van der Waals surface area contributed by atoms with Crippen molar-refractivity contribution in [2.45, 2.75) is 45.6 Å². The summed E-state index contributed by atoms with van der Waals surface area (Å²) in [6.45, 7) is 8.55. The van der Waals surface area contributed by atoms with Crippen LogP contribution in [0.5, 0.6) is 0 Å². The highest BCUT2D eigenvalue weighted by atomic mass is 16.3. The van der Waals surface area contributed by atoms with Gasteiger partial charge in [0.2, 0.25) is 0 Å². The molecular formula is C18H23NO. The topological polar surface area (TPSA) is 33.1 Å². The molecule has 106 valence electrons. The van der Waals surface area contributed by atoms with Gasteiger partial charge >= 0.3 is 0 Å². The lowest BCUT2D eigenvalue weighted by molar-refractivity contribution is 0.178. The van der Waals surface area contributed by atoms with Gasteiger partial charge in [-0.15, -0.1) is 0 Å². The number of aliphatic hydroxyl groups excluding tert-OH is 1. The van der Waals surface area contributed by atoms with Crippen LogP contribution in [0.4, 0.5) is 0 Å². The number of pyridine rings is 1. The van der Waals surface area contributed by atoms with Crippen molar-refractivity contribution in [3.63, 3.8) is 0 Å². The van der Waals surface area contributed by atoms with E-state index in [-0.39, 0.29) is 5.41 Å². The predicted octanol–water partition coefficient (Wildman–Crippen LogP) is 3.96. The zero-order valence-electron chi connectivity index (χ0n) is 12.7. The van der Waals surface area contributed by atoms with E-state index in [2.05, 4.69) is 50.0 Å². The summed E-state index contributed by atoms with van der Waals surface area (Å²) in [5.41, 5.74) is 4.50.